The van der Waals surface area contributed by atoms with Crippen LogP contribution in [0.5, 0.6) is 0 Å². The van der Waals surface area contributed by atoms with Gasteiger partial charge in [-0.2, -0.15) is 0 Å². The molecule has 2 aliphatic rings. The van der Waals surface area contributed by atoms with Crippen molar-refractivity contribution in [2.75, 3.05) is 14.7 Å². The Morgan fingerprint density at radius 1 is 0.261 bits per heavy atom. The van der Waals surface area contributed by atoms with E-state index in [0.29, 0.717) is 0 Å². The molecule has 2 aromatic heterocycles. The van der Waals surface area contributed by atoms with Gasteiger partial charge in [0, 0.05) is 55.7 Å². The molecule has 2 aliphatic heterocycles. The fourth-order valence-electron chi connectivity index (χ4n) is 14.9. The molecule has 0 radical (unpaired) electrons. The number of fused-ring (bicyclic) bond motifs is 10. The topological polar surface area (TPSA) is 19.6 Å². The summed E-state index contributed by atoms with van der Waals surface area (Å²) >= 11 is 0. The first-order valence-corrected chi connectivity index (χ1v) is 32.3. The summed E-state index contributed by atoms with van der Waals surface area (Å²) in [5.74, 6) is 0. The van der Waals surface area contributed by atoms with Gasteiger partial charge >= 0.3 is 0 Å². The Morgan fingerprint density at radius 3 is 0.935 bits per heavy atom. The highest BCUT2D eigenvalue weighted by atomic mass is 15.2. The number of nitrogens with zero attached hydrogens (tertiary/aromatic N) is 5. The van der Waals surface area contributed by atoms with Crippen molar-refractivity contribution in [1.82, 2.24) is 9.13 Å². The molecule has 0 aliphatic carbocycles. The lowest BCUT2D eigenvalue weighted by Crippen LogP contribution is -2.61. The van der Waals surface area contributed by atoms with E-state index < -0.39 is 0 Å². The third-order valence-corrected chi connectivity index (χ3v) is 19.4. The summed E-state index contributed by atoms with van der Waals surface area (Å²) in [7, 11) is 0. The van der Waals surface area contributed by atoms with Gasteiger partial charge in [-0.15, -0.1) is 0 Å². The molecular formula is C86H68BN5. The van der Waals surface area contributed by atoms with Crippen LogP contribution in [0.4, 0.5) is 51.2 Å². The number of anilines is 9. The van der Waals surface area contributed by atoms with E-state index in [4.69, 9.17) is 0 Å². The second kappa shape index (κ2) is 21.3. The molecule has 6 heteroatoms. The van der Waals surface area contributed by atoms with Gasteiger partial charge in [-0.25, -0.2) is 0 Å². The SMILES string of the molecule is CC(C)(C)c1ccc2c(c1)B1c3cc(C(C)(C)C)ccc3N(c3ccccc3-n3c4ccccc4c4ccccc43)c3cc(N(c4ccc(-c5ccccc5)cc4)c4ccc(-c5ccccc5)cc4)cc(c31)N2c1ccccc1-n1c2ccccc2c2ccccc21. The Morgan fingerprint density at radius 2 is 0.576 bits per heavy atom. The molecule has 4 heterocycles. The molecule has 15 aromatic rings. The van der Waals surface area contributed by atoms with Crippen LogP contribution in [0, 0.1) is 0 Å². The van der Waals surface area contributed by atoms with Crippen LogP contribution in [0.25, 0.3) is 77.2 Å². The van der Waals surface area contributed by atoms with Crippen LogP contribution < -0.4 is 31.1 Å². The van der Waals surface area contributed by atoms with Gasteiger partial charge in [0.15, 0.2) is 0 Å². The number of hydrogen-bond acceptors (Lipinski definition) is 3. The first-order chi connectivity index (χ1) is 44.9. The maximum absolute atomic E-state index is 2.63. The molecule has 0 saturated heterocycles. The second-order valence-electron chi connectivity index (χ2n) is 26.9. The zero-order chi connectivity index (χ0) is 62.0. The zero-order valence-electron chi connectivity index (χ0n) is 52.7. The van der Waals surface area contributed by atoms with Gasteiger partial charge in [0.25, 0.3) is 6.71 Å². The van der Waals surface area contributed by atoms with E-state index in [1.54, 1.807) is 0 Å². The highest BCUT2D eigenvalue weighted by Gasteiger charge is 2.46. The summed E-state index contributed by atoms with van der Waals surface area (Å²) in [5, 5.41) is 4.90. The van der Waals surface area contributed by atoms with Crippen molar-refractivity contribution >= 4 is 118 Å². The molecule has 440 valence electrons. The zero-order valence-corrected chi connectivity index (χ0v) is 52.7. The molecule has 5 nitrogen and oxygen atoms in total. The van der Waals surface area contributed by atoms with Crippen LogP contribution in [0.15, 0.2) is 303 Å². The smallest absolute Gasteiger partial charge is 0.252 e. The largest absolute Gasteiger partial charge is 0.310 e. The average molecular weight is 1180 g/mol. The minimum atomic E-state index is -0.166. The van der Waals surface area contributed by atoms with Crippen molar-refractivity contribution in [2.24, 2.45) is 0 Å². The molecule has 0 amide bonds. The predicted octanol–water partition coefficient (Wildman–Crippen LogP) is 21.4. The van der Waals surface area contributed by atoms with E-state index in [1.807, 2.05) is 0 Å². The molecule has 92 heavy (non-hydrogen) atoms. The highest BCUT2D eigenvalue weighted by molar-refractivity contribution is 7.00. The van der Waals surface area contributed by atoms with Crippen LogP contribution in [0.2, 0.25) is 0 Å². The second-order valence-corrected chi connectivity index (χ2v) is 26.9. The van der Waals surface area contributed by atoms with Gasteiger partial charge in [0.2, 0.25) is 0 Å². The van der Waals surface area contributed by atoms with Crippen LogP contribution in [0.3, 0.4) is 0 Å². The monoisotopic (exact) mass is 1180 g/mol. The third-order valence-electron chi connectivity index (χ3n) is 19.4. The van der Waals surface area contributed by atoms with Gasteiger partial charge in [0.05, 0.1) is 50.5 Å². The van der Waals surface area contributed by atoms with E-state index in [-0.39, 0.29) is 17.5 Å². The number of hydrogen-bond donors (Lipinski definition) is 0. The number of benzene rings is 13. The molecule has 0 atom stereocenters. The molecule has 17 rings (SSSR count). The molecule has 13 aromatic carbocycles. The van der Waals surface area contributed by atoms with E-state index >= 15 is 0 Å². The van der Waals surface area contributed by atoms with Crippen LogP contribution in [0.1, 0.15) is 52.7 Å². The van der Waals surface area contributed by atoms with E-state index in [1.165, 1.54) is 60.2 Å². The Hall–Kier alpha value is -11.1. The minimum absolute atomic E-state index is 0.141. The van der Waals surface area contributed by atoms with Crippen molar-refractivity contribution in [3.8, 4) is 33.6 Å². The molecule has 0 N–H and O–H groups in total. The van der Waals surface area contributed by atoms with E-state index in [9.17, 15) is 0 Å². The summed E-state index contributed by atoms with van der Waals surface area (Å²) in [4.78, 5) is 7.74. The maximum Gasteiger partial charge on any atom is 0.252 e. The third kappa shape index (κ3) is 8.83. The van der Waals surface area contributed by atoms with Crippen molar-refractivity contribution in [2.45, 2.75) is 52.4 Å². The Bertz CT molecular complexity index is 4940. The highest BCUT2D eigenvalue weighted by Crippen LogP contribution is 2.52. The standard InChI is InChI=1S/C86H68BN5/c1-85(2,3)61-45-51-76-70(53-61)87-71-54-62(86(4,5)6)46-52-77(71)92(81-40-24-22-38-79(81)90-74-35-19-15-31-68(74)69-32-16-20-36-75(69)90)83-56-65(88(63-47-41-59(42-48-63)57-25-9-7-10-26-57)64-49-43-60(44-50-64)58-27-11-8-12-28-58)55-82(84(83)87)91(76)80-39-23-21-37-78(80)89-72-33-17-13-29-66(72)67-30-14-18-34-73(67)89/h7-56H,1-6H3. The fraction of sp³-hybridized carbons (Fsp3) is 0.0930. The Balaban J connectivity index is 1.01. The maximum atomic E-state index is 2.63. The average Bonchev–Trinajstić information content (AvgIpc) is 0.807. The first-order valence-electron chi connectivity index (χ1n) is 32.3. The van der Waals surface area contributed by atoms with Gasteiger partial charge in [-0.3, -0.25) is 0 Å². The lowest BCUT2D eigenvalue weighted by molar-refractivity contribution is 0.590. The molecule has 0 saturated carbocycles. The van der Waals surface area contributed by atoms with Crippen molar-refractivity contribution in [1.29, 1.82) is 0 Å². The first kappa shape index (κ1) is 55.0. The Labute approximate surface area is 539 Å². The van der Waals surface area contributed by atoms with Crippen molar-refractivity contribution in [3.05, 3.63) is 314 Å². The van der Waals surface area contributed by atoms with Crippen LogP contribution >= 0.6 is 0 Å². The quantitative estimate of drug-likeness (QED) is 0.134. The van der Waals surface area contributed by atoms with Crippen molar-refractivity contribution < 1.29 is 0 Å². The van der Waals surface area contributed by atoms with E-state index in [2.05, 4.69) is 369 Å². The summed E-state index contributed by atoms with van der Waals surface area (Å²) in [6.07, 6.45) is 0. The fourth-order valence-corrected chi connectivity index (χ4v) is 14.9. The lowest BCUT2D eigenvalue weighted by atomic mass is 9.33. The van der Waals surface area contributed by atoms with Crippen molar-refractivity contribution in [3.63, 3.8) is 0 Å². The summed E-state index contributed by atoms with van der Waals surface area (Å²) in [5.41, 5.74) is 27.5. The van der Waals surface area contributed by atoms with Gasteiger partial charge in [-0.1, -0.05) is 248 Å². The van der Waals surface area contributed by atoms with Gasteiger partial charge in [-0.05, 0) is 158 Å². The van der Waals surface area contributed by atoms with Gasteiger partial charge in [0.1, 0.15) is 0 Å². The normalized spacial score (nSPS) is 12.8. The molecule has 0 fully saturated rings. The minimum Gasteiger partial charge on any atom is -0.310 e. The number of para-hydroxylation sites is 8. The molecular weight excluding hydrogens is 1110 g/mol. The summed E-state index contributed by atoms with van der Waals surface area (Å²) < 4.78 is 5.00. The Kier molecular flexibility index (Phi) is 12.7. The molecule has 0 unspecified atom stereocenters. The molecule has 0 bridgehead atoms. The number of aromatic nitrogens is 2. The molecule has 0 spiro atoms. The summed E-state index contributed by atoms with van der Waals surface area (Å²) in [6, 6.07) is 113. The van der Waals surface area contributed by atoms with Crippen LogP contribution in [-0.4, -0.2) is 15.8 Å². The van der Waals surface area contributed by atoms with Gasteiger partial charge < -0.3 is 23.8 Å². The van der Waals surface area contributed by atoms with Crippen LogP contribution in [-0.2, 0) is 10.8 Å². The lowest BCUT2D eigenvalue weighted by Gasteiger charge is -2.46. The predicted molar refractivity (Wildman–Crippen MR) is 392 cm³/mol. The van der Waals surface area contributed by atoms with E-state index in [0.717, 1.165) is 95.8 Å². The summed E-state index contributed by atoms with van der Waals surface area (Å²) in [6.45, 7) is 14.0. The number of rotatable bonds is 9.